The Hall–Kier alpha value is -0.790. The van der Waals surface area contributed by atoms with Gasteiger partial charge in [-0.05, 0) is 42.9 Å². The Balaban J connectivity index is 1.59. The molecule has 3 rings (SSSR count). The minimum Gasteiger partial charge on any atom is -0.338 e. The van der Waals surface area contributed by atoms with Crippen molar-refractivity contribution >= 4 is 5.91 Å². The highest BCUT2D eigenvalue weighted by Gasteiger charge is 2.48. The van der Waals surface area contributed by atoms with Crippen LogP contribution in [0.1, 0.15) is 46.5 Å². The number of nitrogens with zero attached hydrogens (tertiary/aromatic N) is 1. The minimum absolute atomic E-state index is 0.268. The lowest BCUT2D eigenvalue weighted by Crippen LogP contribution is -2.39. The summed E-state index contributed by atoms with van der Waals surface area (Å²) in [7, 11) is 0. The highest BCUT2D eigenvalue weighted by molar-refractivity contribution is 5.79. The van der Waals surface area contributed by atoms with E-state index in [1.807, 2.05) is 0 Å². The summed E-state index contributed by atoms with van der Waals surface area (Å²) in [6.07, 6.45) is 7.11. The van der Waals surface area contributed by atoms with Crippen LogP contribution in [0.5, 0.6) is 0 Å². The van der Waals surface area contributed by atoms with Gasteiger partial charge in [-0.3, -0.25) is 4.79 Å². The minimum atomic E-state index is 0.268. The molecule has 2 unspecified atom stereocenters. The van der Waals surface area contributed by atoms with Gasteiger partial charge in [-0.15, -0.1) is 0 Å². The lowest BCUT2D eigenvalue weighted by molar-refractivity contribution is -0.135. The first-order valence-corrected chi connectivity index (χ1v) is 7.43. The second-order valence-corrected chi connectivity index (χ2v) is 7.44. The summed E-state index contributed by atoms with van der Waals surface area (Å²) in [5.41, 5.74) is 1.78. The number of hydrogen-bond donors (Lipinski definition) is 0. The molecule has 2 aliphatic carbocycles. The lowest BCUT2D eigenvalue weighted by atomic mass is 9.83. The van der Waals surface area contributed by atoms with Crippen LogP contribution < -0.4 is 0 Å². The average Bonchev–Trinajstić information content (AvgIpc) is 2.94. The maximum atomic E-state index is 12.4. The summed E-state index contributed by atoms with van der Waals surface area (Å²) >= 11 is 0. The fourth-order valence-corrected chi connectivity index (χ4v) is 3.73. The van der Waals surface area contributed by atoms with Crippen molar-refractivity contribution in [2.45, 2.75) is 46.5 Å². The molecule has 1 aliphatic heterocycles. The summed E-state index contributed by atoms with van der Waals surface area (Å²) in [6, 6.07) is 0. The number of rotatable bonds is 1. The Kier molecular flexibility index (Phi) is 2.80. The van der Waals surface area contributed by atoms with E-state index in [9.17, 15) is 4.79 Å². The second kappa shape index (κ2) is 4.11. The van der Waals surface area contributed by atoms with Crippen LogP contribution in [0.15, 0.2) is 11.6 Å². The molecule has 0 saturated heterocycles. The van der Waals surface area contributed by atoms with E-state index >= 15 is 0 Å². The van der Waals surface area contributed by atoms with Gasteiger partial charge >= 0.3 is 0 Å². The second-order valence-electron chi connectivity index (χ2n) is 7.44. The molecule has 3 aliphatic rings. The highest BCUT2D eigenvalue weighted by atomic mass is 16.2. The molecule has 0 N–H and O–H groups in total. The summed E-state index contributed by atoms with van der Waals surface area (Å²) in [4.78, 5) is 14.5. The van der Waals surface area contributed by atoms with E-state index in [0.717, 1.165) is 31.3 Å². The summed E-state index contributed by atoms with van der Waals surface area (Å²) in [5.74, 6) is 2.61. The standard InChI is InChI=1S/C16H25NO/c1-16(2,3)14-4-6-17(7-5-14)15(18)13-9-11-8-12(11)10-13/h4,11-13H,5-10H2,1-3H3. The smallest absolute Gasteiger partial charge is 0.225 e. The molecule has 0 aromatic rings. The maximum absolute atomic E-state index is 12.4. The van der Waals surface area contributed by atoms with Gasteiger partial charge in [0.2, 0.25) is 5.91 Å². The molecule has 2 heteroatoms. The van der Waals surface area contributed by atoms with Crippen molar-refractivity contribution in [3.8, 4) is 0 Å². The van der Waals surface area contributed by atoms with Crippen LogP contribution in [0.25, 0.3) is 0 Å². The van der Waals surface area contributed by atoms with E-state index in [2.05, 4.69) is 31.7 Å². The summed E-state index contributed by atoms with van der Waals surface area (Å²) in [6.45, 7) is 8.58. The molecule has 0 spiro atoms. The normalized spacial score (nSPS) is 35.2. The van der Waals surface area contributed by atoms with Crippen LogP contribution in [-0.2, 0) is 4.79 Å². The predicted octanol–water partition coefficient (Wildman–Crippen LogP) is 3.24. The summed E-state index contributed by atoms with van der Waals surface area (Å²) in [5, 5.41) is 0. The van der Waals surface area contributed by atoms with Gasteiger partial charge in [-0.25, -0.2) is 0 Å². The first kappa shape index (κ1) is 12.3. The molecule has 2 atom stereocenters. The zero-order valence-corrected chi connectivity index (χ0v) is 11.9. The van der Waals surface area contributed by atoms with Crippen LogP contribution in [0.2, 0.25) is 0 Å². The monoisotopic (exact) mass is 247 g/mol. The zero-order valence-electron chi connectivity index (χ0n) is 11.9. The van der Waals surface area contributed by atoms with Crippen LogP contribution >= 0.6 is 0 Å². The average molecular weight is 247 g/mol. The molecule has 1 heterocycles. The van der Waals surface area contributed by atoms with E-state index in [4.69, 9.17) is 0 Å². The number of amides is 1. The van der Waals surface area contributed by atoms with Crippen LogP contribution in [0.3, 0.4) is 0 Å². The Morgan fingerprint density at radius 2 is 1.89 bits per heavy atom. The third-order valence-electron chi connectivity index (χ3n) is 5.08. The fourth-order valence-electron chi connectivity index (χ4n) is 3.73. The first-order valence-electron chi connectivity index (χ1n) is 7.43. The number of hydrogen-bond acceptors (Lipinski definition) is 1. The molecule has 100 valence electrons. The van der Waals surface area contributed by atoms with Crippen LogP contribution in [-0.4, -0.2) is 23.9 Å². The molecule has 0 bridgehead atoms. The molecule has 0 aromatic carbocycles. The Morgan fingerprint density at radius 1 is 1.22 bits per heavy atom. The quantitative estimate of drug-likeness (QED) is 0.651. The molecule has 0 radical (unpaired) electrons. The molecule has 2 saturated carbocycles. The van der Waals surface area contributed by atoms with Gasteiger partial charge in [0.15, 0.2) is 0 Å². The molecule has 1 amide bonds. The Morgan fingerprint density at radius 3 is 2.39 bits per heavy atom. The Bertz CT molecular complexity index is 380. The summed E-state index contributed by atoms with van der Waals surface area (Å²) < 4.78 is 0. The molecule has 0 aromatic heterocycles. The lowest BCUT2D eigenvalue weighted by Gasteiger charge is -2.33. The first-order chi connectivity index (χ1) is 8.45. The zero-order chi connectivity index (χ0) is 12.9. The van der Waals surface area contributed by atoms with Crippen molar-refractivity contribution in [2.75, 3.05) is 13.1 Å². The molecular formula is C16H25NO. The van der Waals surface area contributed by atoms with Crippen molar-refractivity contribution in [1.82, 2.24) is 4.90 Å². The van der Waals surface area contributed by atoms with E-state index in [-0.39, 0.29) is 5.41 Å². The fraction of sp³-hybridized carbons (Fsp3) is 0.812. The van der Waals surface area contributed by atoms with Crippen molar-refractivity contribution in [3.63, 3.8) is 0 Å². The molecule has 2 fully saturated rings. The largest absolute Gasteiger partial charge is 0.338 e. The van der Waals surface area contributed by atoms with Crippen LogP contribution in [0, 0.1) is 23.2 Å². The van der Waals surface area contributed by atoms with Gasteiger partial charge in [-0.2, -0.15) is 0 Å². The Labute approximate surface area is 110 Å². The van der Waals surface area contributed by atoms with Gasteiger partial charge in [0.05, 0.1) is 0 Å². The highest BCUT2D eigenvalue weighted by Crippen LogP contribution is 2.54. The van der Waals surface area contributed by atoms with Gasteiger partial charge in [0.25, 0.3) is 0 Å². The van der Waals surface area contributed by atoms with Crippen LogP contribution in [0.4, 0.5) is 0 Å². The molecule has 18 heavy (non-hydrogen) atoms. The predicted molar refractivity (Wildman–Crippen MR) is 73.1 cm³/mol. The maximum Gasteiger partial charge on any atom is 0.225 e. The van der Waals surface area contributed by atoms with E-state index in [1.165, 1.54) is 24.8 Å². The van der Waals surface area contributed by atoms with Gasteiger partial charge in [0, 0.05) is 19.0 Å². The van der Waals surface area contributed by atoms with Crippen molar-refractivity contribution in [2.24, 2.45) is 23.2 Å². The van der Waals surface area contributed by atoms with Crippen molar-refractivity contribution in [1.29, 1.82) is 0 Å². The SMILES string of the molecule is CC(C)(C)C1=CCN(C(=O)C2CC3CC3C2)CC1. The van der Waals surface area contributed by atoms with Crippen molar-refractivity contribution < 1.29 is 4.79 Å². The molecule has 2 nitrogen and oxygen atoms in total. The van der Waals surface area contributed by atoms with E-state index < -0.39 is 0 Å². The van der Waals surface area contributed by atoms with Gasteiger partial charge in [-0.1, -0.05) is 32.4 Å². The van der Waals surface area contributed by atoms with Crippen molar-refractivity contribution in [3.05, 3.63) is 11.6 Å². The third-order valence-corrected chi connectivity index (χ3v) is 5.08. The van der Waals surface area contributed by atoms with Gasteiger partial charge in [0.1, 0.15) is 0 Å². The number of carbonyl (C=O) groups is 1. The molecular weight excluding hydrogens is 222 g/mol. The van der Waals surface area contributed by atoms with Gasteiger partial charge < -0.3 is 4.90 Å². The van der Waals surface area contributed by atoms with E-state index in [0.29, 0.717) is 11.8 Å². The number of fused-ring (bicyclic) bond motifs is 1. The van der Waals surface area contributed by atoms with E-state index in [1.54, 1.807) is 0 Å². The third kappa shape index (κ3) is 2.22. The number of carbonyl (C=O) groups excluding carboxylic acids is 1. The topological polar surface area (TPSA) is 20.3 Å².